The van der Waals surface area contributed by atoms with Crippen molar-refractivity contribution < 1.29 is 4.79 Å². The highest BCUT2D eigenvalue weighted by Gasteiger charge is 2.20. The Kier molecular flexibility index (Phi) is 1.69. The second-order valence-corrected chi connectivity index (χ2v) is 3.15. The van der Waals surface area contributed by atoms with Gasteiger partial charge in [-0.15, -0.1) is 0 Å². The van der Waals surface area contributed by atoms with E-state index < -0.39 is 0 Å². The molecule has 13 heavy (non-hydrogen) atoms. The lowest BCUT2D eigenvalue weighted by Gasteiger charge is -2.26. The largest absolute Gasteiger partial charge is 0.374 e. The quantitative estimate of drug-likeness (QED) is 0.637. The fourth-order valence-corrected chi connectivity index (χ4v) is 1.39. The number of hydrogen-bond acceptors (Lipinski definition) is 3. The standard InChI is InChI=1S/C9H11N3O/c1-6-3-7-8(4-10-6)12(2)9(13)5-11-7/h3-4,11H,5H2,1-2H3. The van der Waals surface area contributed by atoms with Gasteiger partial charge in [0.2, 0.25) is 5.91 Å². The first kappa shape index (κ1) is 8.04. The van der Waals surface area contributed by atoms with Crippen molar-refractivity contribution in [2.24, 2.45) is 0 Å². The number of carbonyl (C=O) groups is 1. The molecule has 1 amide bonds. The number of aryl methyl sites for hydroxylation is 1. The Bertz CT molecular complexity index is 362. The smallest absolute Gasteiger partial charge is 0.246 e. The van der Waals surface area contributed by atoms with Gasteiger partial charge in [-0.05, 0) is 13.0 Å². The van der Waals surface area contributed by atoms with Crippen LogP contribution in [0.4, 0.5) is 11.4 Å². The second-order valence-electron chi connectivity index (χ2n) is 3.15. The number of nitrogens with one attached hydrogen (secondary N) is 1. The highest BCUT2D eigenvalue weighted by atomic mass is 16.2. The van der Waals surface area contributed by atoms with Gasteiger partial charge in [0, 0.05) is 12.7 Å². The molecule has 1 aromatic heterocycles. The molecule has 1 aliphatic rings. The summed E-state index contributed by atoms with van der Waals surface area (Å²) in [6.07, 6.45) is 1.72. The number of rotatable bonds is 0. The first-order chi connectivity index (χ1) is 6.18. The number of carbonyl (C=O) groups excluding carboxylic acids is 1. The summed E-state index contributed by atoms with van der Waals surface area (Å²) in [5, 5.41) is 3.05. The first-order valence-corrected chi connectivity index (χ1v) is 4.15. The van der Waals surface area contributed by atoms with Gasteiger partial charge in [-0.1, -0.05) is 0 Å². The predicted octanol–water partition coefficient (Wildman–Crippen LogP) is 0.778. The molecule has 68 valence electrons. The monoisotopic (exact) mass is 177 g/mol. The molecule has 0 atom stereocenters. The molecule has 0 saturated heterocycles. The molecule has 4 nitrogen and oxygen atoms in total. The summed E-state index contributed by atoms with van der Waals surface area (Å²) in [6.45, 7) is 2.30. The molecular weight excluding hydrogens is 166 g/mol. The van der Waals surface area contributed by atoms with E-state index in [1.165, 1.54) is 0 Å². The molecule has 0 fully saturated rings. The van der Waals surface area contributed by atoms with Crippen LogP contribution in [0.2, 0.25) is 0 Å². The molecule has 0 bridgehead atoms. The molecule has 2 rings (SSSR count). The van der Waals surface area contributed by atoms with Gasteiger partial charge in [0.1, 0.15) is 0 Å². The number of fused-ring (bicyclic) bond motifs is 1. The average Bonchev–Trinajstić information content (AvgIpc) is 2.12. The van der Waals surface area contributed by atoms with Gasteiger partial charge in [0.05, 0.1) is 24.1 Å². The zero-order chi connectivity index (χ0) is 9.42. The van der Waals surface area contributed by atoms with Gasteiger partial charge in [0.15, 0.2) is 0 Å². The summed E-state index contributed by atoms with van der Waals surface area (Å²) in [7, 11) is 1.76. The summed E-state index contributed by atoms with van der Waals surface area (Å²) in [5.74, 6) is 0.0677. The van der Waals surface area contributed by atoms with Gasteiger partial charge in [-0.25, -0.2) is 0 Å². The van der Waals surface area contributed by atoms with E-state index in [4.69, 9.17) is 0 Å². The Labute approximate surface area is 76.6 Å². The Morgan fingerprint density at radius 2 is 2.38 bits per heavy atom. The lowest BCUT2D eigenvalue weighted by Crippen LogP contribution is -2.36. The van der Waals surface area contributed by atoms with E-state index in [-0.39, 0.29) is 5.91 Å². The molecule has 1 aliphatic heterocycles. The Balaban J connectivity index is 2.49. The summed E-state index contributed by atoms with van der Waals surface area (Å²) in [5.41, 5.74) is 2.78. The maximum atomic E-state index is 11.3. The SMILES string of the molecule is Cc1cc2c(cn1)N(C)C(=O)CN2. The number of aromatic nitrogens is 1. The zero-order valence-corrected chi connectivity index (χ0v) is 7.66. The fraction of sp³-hybridized carbons (Fsp3) is 0.333. The second kappa shape index (κ2) is 2.73. The summed E-state index contributed by atoms with van der Waals surface area (Å²) in [4.78, 5) is 17.0. The topological polar surface area (TPSA) is 45.2 Å². The van der Waals surface area contributed by atoms with E-state index in [0.29, 0.717) is 6.54 Å². The number of likely N-dealkylation sites (N-methyl/N-ethyl adjacent to an activating group) is 1. The molecule has 1 aromatic rings. The minimum atomic E-state index is 0.0677. The van der Waals surface area contributed by atoms with Crippen LogP contribution in [0, 0.1) is 6.92 Å². The maximum absolute atomic E-state index is 11.3. The van der Waals surface area contributed by atoms with Crippen LogP contribution in [0.25, 0.3) is 0 Å². The molecule has 0 aliphatic carbocycles. The highest BCUT2D eigenvalue weighted by molar-refractivity contribution is 6.01. The number of pyridine rings is 1. The number of nitrogens with zero attached hydrogens (tertiary/aromatic N) is 2. The van der Waals surface area contributed by atoms with Crippen LogP contribution in [0.15, 0.2) is 12.3 Å². The molecule has 2 heterocycles. The molecule has 0 saturated carbocycles. The zero-order valence-electron chi connectivity index (χ0n) is 7.66. The Morgan fingerprint density at radius 3 is 3.15 bits per heavy atom. The lowest BCUT2D eigenvalue weighted by atomic mass is 10.2. The highest BCUT2D eigenvalue weighted by Crippen LogP contribution is 2.27. The number of hydrogen-bond donors (Lipinski definition) is 1. The van der Waals surface area contributed by atoms with Crippen LogP contribution in [0.5, 0.6) is 0 Å². The molecule has 0 spiro atoms. The summed E-state index contributed by atoms with van der Waals surface area (Å²) >= 11 is 0. The van der Waals surface area contributed by atoms with E-state index in [9.17, 15) is 4.79 Å². The minimum absolute atomic E-state index is 0.0677. The molecular formula is C9H11N3O. The number of amides is 1. The van der Waals surface area contributed by atoms with Crippen molar-refractivity contribution >= 4 is 17.3 Å². The van der Waals surface area contributed by atoms with Gasteiger partial charge in [-0.2, -0.15) is 0 Å². The molecule has 0 unspecified atom stereocenters. The van der Waals surface area contributed by atoms with Gasteiger partial charge in [-0.3, -0.25) is 9.78 Å². The molecule has 1 N–H and O–H groups in total. The third-order valence-corrected chi connectivity index (χ3v) is 2.19. The molecule has 0 radical (unpaired) electrons. The minimum Gasteiger partial charge on any atom is -0.374 e. The normalized spacial score (nSPS) is 15.2. The van der Waals surface area contributed by atoms with Crippen LogP contribution >= 0.6 is 0 Å². The van der Waals surface area contributed by atoms with E-state index >= 15 is 0 Å². The van der Waals surface area contributed by atoms with Gasteiger partial charge < -0.3 is 10.2 Å². The average molecular weight is 177 g/mol. The third kappa shape index (κ3) is 1.24. The van der Waals surface area contributed by atoms with Gasteiger partial charge in [0.25, 0.3) is 0 Å². The van der Waals surface area contributed by atoms with Crippen LogP contribution in [0.1, 0.15) is 5.69 Å². The molecule has 0 aromatic carbocycles. The van der Waals surface area contributed by atoms with E-state index in [1.807, 2.05) is 13.0 Å². The summed E-state index contributed by atoms with van der Waals surface area (Å²) in [6, 6.07) is 1.94. The Hall–Kier alpha value is -1.58. The Morgan fingerprint density at radius 1 is 1.62 bits per heavy atom. The van der Waals surface area contributed by atoms with Crippen LogP contribution in [-0.2, 0) is 4.79 Å². The van der Waals surface area contributed by atoms with E-state index in [2.05, 4.69) is 10.3 Å². The lowest BCUT2D eigenvalue weighted by molar-refractivity contribution is -0.116. The maximum Gasteiger partial charge on any atom is 0.246 e. The van der Waals surface area contributed by atoms with Crippen molar-refractivity contribution in [1.82, 2.24) is 4.98 Å². The van der Waals surface area contributed by atoms with Crippen molar-refractivity contribution in [3.63, 3.8) is 0 Å². The van der Waals surface area contributed by atoms with Crippen molar-refractivity contribution in [2.75, 3.05) is 23.8 Å². The van der Waals surface area contributed by atoms with Crippen LogP contribution < -0.4 is 10.2 Å². The summed E-state index contributed by atoms with van der Waals surface area (Å²) < 4.78 is 0. The van der Waals surface area contributed by atoms with Crippen molar-refractivity contribution in [3.8, 4) is 0 Å². The van der Waals surface area contributed by atoms with Crippen molar-refractivity contribution in [1.29, 1.82) is 0 Å². The third-order valence-electron chi connectivity index (χ3n) is 2.19. The number of anilines is 2. The van der Waals surface area contributed by atoms with E-state index in [0.717, 1.165) is 17.1 Å². The van der Waals surface area contributed by atoms with Gasteiger partial charge >= 0.3 is 0 Å². The van der Waals surface area contributed by atoms with Crippen molar-refractivity contribution in [2.45, 2.75) is 6.92 Å². The van der Waals surface area contributed by atoms with E-state index in [1.54, 1.807) is 18.1 Å². The predicted molar refractivity (Wildman–Crippen MR) is 50.9 cm³/mol. The van der Waals surface area contributed by atoms with Crippen molar-refractivity contribution in [3.05, 3.63) is 18.0 Å². The fourth-order valence-electron chi connectivity index (χ4n) is 1.39. The molecule has 4 heteroatoms. The first-order valence-electron chi connectivity index (χ1n) is 4.15. The van der Waals surface area contributed by atoms with Crippen LogP contribution in [-0.4, -0.2) is 24.5 Å². The van der Waals surface area contributed by atoms with Crippen LogP contribution in [0.3, 0.4) is 0 Å².